The largest absolute Gasteiger partial charge is 0.303 e. The van der Waals surface area contributed by atoms with Crippen molar-refractivity contribution in [3.8, 4) is 0 Å². The van der Waals surface area contributed by atoms with E-state index in [0.29, 0.717) is 5.38 Å². The number of fused-ring (bicyclic) bond motifs is 1. The fourth-order valence-corrected chi connectivity index (χ4v) is 3.21. The summed E-state index contributed by atoms with van der Waals surface area (Å²) in [4.78, 5) is 2.52. The van der Waals surface area contributed by atoms with E-state index in [-0.39, 0.29) is 0 Å². The molecular formula is C10H18ClN. The summed E-state index contributed by atoms with van der Waals surface area (Å²) < 4.78 is 0. The van der Waals surface area contributed by atoms with Gasteiger partial charge in [0.25, 0.3) is 0 Å². The van der Waals surface area contributed by atoms with E-state index < -0.39 is 0 Å². The summed E-state index contributed by atoms with van der Waals surface area (Å²) in [5.41, 5.74) is 0. The summed E-state index contributed by atoms with van der Waals surface area (Å²) in [6, 6.07) is 0.801. The molecule has 2 rings (SSSR count). The molecule has 12 heavy (non-hydrogen) atoms. The number of halogens is 1. The van der Waals surface area contributed by atoms with Crippen molar-refractivity contribution in [1.29, 1.82) is 0 Å². The van der Waals surface area contributed by atoms with Gasteiger partial charge in [-0.2, -0.15) is 0 Å². The van der Waals surface area contributed by atoms with Crippen LogP contribution < -0.4 is 0 Å². The number of likely N-dealkylation sites (tertiary alicyclic amines) is 1. The molecule has 70 valence electrons. The molecule has 1 nitrogen and oxygen atoms in total. The Morgan fingerprint density at radius 3 is 2.67 bits per heavy atom. The minimum absolute atomic E-state index is 0.464. The molecule has 0 amide bonds. The Morgan fingerprint density at radius 2 is 1.92 bits per heavy atom. The lowest BCUT2D eigenvalue weighted by Crippen LogP contribution is -2.49. The van der Waals surface area contributed by atoms with E-state index in [0.717, 1.165) is 12.0 Å². The molecule has 1 saturated heterocycles. The van der Waals surface area contributed by atoms with Crippen LogP contribution in [0.4, 0.5) is 0 Å². The molecule has 0 aromatic heterocycles. The van der Waals surface area contributed by atoms with Gasteiger partial charge in [0.1, 0.15) is 0 Å². The van der Waals surface area contributed by atoms with Gasteiger partial charge < -0.3 is 4.90 Å². The summed E-state index contributed by atoms with van der Waals surface area (Å²) in [6.07, 6.45) is 6.75. The molecule has 0 bridgehead atoms. The Kier molecular flexibility index (Phi) is 2.61. The zero-order valence-electron chi connectivity index (χ0n) is 7.80. The van der Waals surface area contributed by atoms with E-state index in [1.54, 1.807) is 0 Å². The molecule has 0 spiro atoms. The van der Waals surface area contributed by atoms with Gasteiger partial charge in [0.05, 0.1) is 0 Å². The average molecular weight is 188 g/mol. The van der Waals surface area contributed by atoms with E-state index in [2.05, 4.69) is 11.9 Å². The lowest BCUT2D eigenvalue weighted by atomic mass is 9.78. The first kappa shape index (κ1) is 8.83. The summed E-state index contributed by atoms with van der Waals surface area (Å²) in [5.74, 6) is 0.791. The van der Waals surface area contributed by atoms with E-state index in [9.17, 15) is 0 Å². The molecule has 2 aliphatic rings. The average Bonchev–Trinajstić information content (AvgIpc) is 2.12. The van der Waals surface area contributed by atoms with Crippen LogP contribution in [-0.2, 0) is 0 Å². The number of hydrogen-bond donors (Lipinski definition) is 0. The second-order valence-electron chi connectivity index (χ2n) is 4.30. The van der Waals surface area contributed by atoms with Gasteiger partial charge in [0.2, 0.25) is 0 Å². The molecule has 1 aliphatic carbocycles. The summed E-state index contributed by atoms with van der Waals surface area (Å²) >= 11 is 6.33. The van der Waals surface area contributed by atoms with Crippen LogP contribution in [0.25, 0.3) is 0 Å². The summed E-state index contributed by atoms with van der Waals surface area (Å²) in [6.45, 7) is 1.20. The molecule has 1 aliphatic heterocycles. The standard InChI is InChI=1S/C10H18ClN/c1-12-7-6-9(11)8-4-2-3-5-10(8)12/h8-10H,2-7H2,1H3. The van der Waals surface area contributed by atoms with Gasteiger partial charge in [0, 0.05) is 11.4 Å². The van der Waals surface area contributed by atoms with Crippen molar-refractivity contribution < 1.29 is 0 Å². The van der Waals surface area contributed by atoms with Crippen molar-refractivity contribution in [1.82, 2.24) is 4.90 Å². The van der Waals surface area contributed by atoms with Crippen molar-refractivity contribution in [2.45, 2.75) is 43.5 Å². The van der Waals surface area contributed by atoms with Crippen LogP contribution >= 0.6 is 11.6 Å². The Hall–Kier alpha value is 0.250. The lowest BCUT2D eigenvalue weighted by molar-refractivity contribution is 0.0874. The Morgan fingerprint density at radius 1 is 1.17 bits per heavy atom. The van der Waals surface area contributed by atoms with Gasteiger partial charge in [-0.1, -0.05) is 12.8 Å². The number of alkyl halides is 1. The quantitative estimate of drug-likeness (QED) is 0.527. The van der Waals surface area contributed by atoms with Crippen LogP contribution in [-0.4, -0.2) is 29.9 Å². The summed E-state index contributed by atoms with van der Waals surface area (Å²) in [5, 5.41) is 0.464. The SMILES string of the molecule is CN1CCC(Cl)C2CCCCC21. The Balaban J connectivity index is 2.05. The van der Waals surface area contributed by atoms with Crippen molar-refractivity contribution >= 4 is 11.6 Å². The van der Waals surface area contributed by atoms with E-state index in [1.165, 1.54) is 38.6 Å². The van der Waals surface area contributed by atoms with Crippen molar-refractivity contribution in [2.75, 3.05) is 13.6 Å². The number of piperidine rings is 1. The van der Waals surface area contributed by atoms with Gasteiger partial charge in [-0.3, -0.25) is 0 Å². The van der Waals surface area contributed by atoms with Gasteiger partial charge in [-0.25, -0.2) is 0 Å². The minimum Gasteiger partial charge on any atom is -0.303 e. The first-order chi connectivity index (χ1) is 5.79. The van der Waals surface area contributed by atoms with Crippen molar-refractivity contribution in [2.24, 2.45) is 5.92 Å². The molecule has 3 atom stereocenters. The molecule has 0 aromatic rings. The Labute approximate surface area is 80.1 Å². The molecule has 2 heteroatoms. The first-order valence-corrected chi connectivity index (χ1v) is 5.57. The maximum Gasteiger partial charge on any atom is 0.0391 e. The predicted molar refractivity (Wildman–Crippen MR) is 52.6 cm³/mol. The highest BCUT2D eigenvalue weighted by Gasteiger charge is 2.36. The fraction of sp³-hybridized carbons (Fsp3) is 1.00. The molecule has 0 N–H and O–H groups in total. The predicted octanol–water partition coefficient (Wildman–Crippen LogP) is 2.49. The van der Waals surface area contributed by atoms with Crippen LogP contribution in [0.15, 0.2) is 0 Å². The molecule has 0 aromatic carbocycles. The van der Waals surface area contributed by atoms with Crippen molar-refractivity contribution in [3.63, 3.8) is 0 Å². The van der Waals surface area contributed by atoms with E-state index in [4.69, 9.17) is 11.6 Å². The Bertz CT molecular complexity index is 142. The molecular weight excluding hydrogens is 170 g/mol. The number of rotatable bonds is 0. The first-order valence-electron chi connectivity index (χ1n) is 5.13. The summed E-state index contributed by atoms with van der Waals surface area (Å²) in [7, 11) is 2.26. The van der Waals surface area contributed by atoms with Crippen LogP contribution in [0, 0.1) is 5.92 Å². The molecule has 2 fully saturated rings. The molecule has 3 unspecified atom stereocenters. The molecule has 1 saturated carbocycles. The molecule has 0 radical (unpaired) electrons. The second kappa shape index (κ2) is 3.55. The minimum atomic E-state index is 0.464. The number of nitrogens with zero attached hydrogens (tertiary/aromatic N) is 1. The van der Waals surface area contributed by atoms with Gasteiger partial charge >= 0.3 is 0 Å². The lowest BCUT2D eigenvalue weighted by Gasteiger charge is -2.44. The third-order valence-electron chi connectivity index (χ3n) is 3.57. The molecule has 1 heterocycles. The van der Waals surface area contributed by atoms with Gasteiger partial charge in [-0.15, -0.1) is 11.6 Å². The highest BCUT2D eigenvalue weighted by atomic mass is 35.5. The normalized spacial score (nSPS) is 44.0. The topological polar surface area (TPSA) is 3.24 Å². The fourth-order valence-electron chi connectivity index (χ4n) is 2.82. The third-order valence-corrected chi connectivity index (χ3v) is 4.11. The smallest absolute Gasteiger partial charge is 0.0391 e. The van der Waals surface area contributed by atoms with Gasteiger partial charge in [-0.05, 0) is 38.8 Å². The zero-order valence-corrected chi connectivity index (χ0v) is 8.56. The van der Waals surface area contributed by atoms with E-state index >= 15 is 0 Å². The van der Waals surface area contributed by atoms with Crippen LogP contribution in [0.1, 0.15) is 32.1 Å². The van der Waals surface area contributed by atoms with Gasteiger partial charge in [0.15, 0.2) is 0 Å². The van der Waals surface area contributed by atoms with Crippen molar-refractivity contribution in [3.05, 3.63) is 0 Å². The maximum absolute atomic E-state index is 6.33. The maximum atomic E-state index is 6.33. The number of hydrogen-bond acceptors (Lipinski definition) is 1. The van der Waals surface area contributed by atoms with Crippen LogP contribution in [0.3, 0.4) is 0 Å². The third kappa shape index (κ3) is 1.49. The van der Waals surface area contributed by atoms with Crippen LogP contribution in [0.2, 0.25) is 0 Å². The highest BCUT2D eigenvalue weighted by molar-refractivity contribution is 6.20. The highest BCUT2D eigenvalue weighted by Crippen LogP contribution is 2.36. The van der Waals surface area contributed by atoms with Crippen LogP contribution in [0.5, 0.6) is 0 Å². The zero-order chi connectivity index (χ0) is 8.55. The second-order valence-corrected chi connectivity index (χ2v) is 4.86. The monoisotopic (exact) mass is 187 g/mol. The van der Waals surface area contributed by atoms with E-state index in [1.807, 2.05) is 0 Å².